The lowest BCUT2D eigenvalue weighted by Gasteiger charge is -1.95. The maximum absolute atomic E-state index is 10.4. The minimum Gasteiger partial charge on any atom is -0.439 e. The molecule has 0 saturated heterocycles. The summed E-state index contributed by atoms with van der Waals surface area (Å²) in [6.07, 6.45) is 1.52. The van der Waals surface area contributed by atoms with Gasteiger partial charge in [0.25, 0.3) is 0 Å². The average Bonchev–Trinajstić information content (AvgIpc) is 1.90. The van der Waals surface area contributed by atoms with Gasteiger partial charge in [-0.1, -0.05) is 12.1 Å². The SMILES string of the molecule is N=[S-](=O)c1ccccn1. The van der Waals surface area contributed by atoms with Crippen LogP contribution in [-0.2, 0) is 14.8 Å². The second kappa shape index (κ2) is 2.59. The summed E-state index contributed by atoms with van der Waals surface area (Å²) in [6.45, 7) is 0. The molecule has 3 nitrogen and oxygen atoms in total. The Morgan fingerprint density at radius 1 is 1.56 bits per heavy atom. The zero-order chi connectivity index (χ0) is 6.69. The van der Waals surface area contributed by atoms with E-state index in [2.05, 4.69) is 4.98 Å². The van der Waals surface area contributed by atoms with E-state index in [9.17, 15) is 4.21 Å². The number of nitrogens with one attached hydrogen (secondary N) is 1. The average molecular weight is 141 g/mol. The van der Waals surface area contributed by atoms with Crippen molar-refractivity contribution >= 4 is 10.6 Å². The van der Waals surface area contributed by atoms with Crippen LogP contribution in [0.2, 0.25) is 0 Å². The largest absolute Gasteiger partial charge is 0.439 e. The van der Waals surface area contributed by atoms with Crippen molar-refractivity contribution in [3.8, 4) is 0 Å². The van der Waals surface area contributed by atoms with Crippen LogP contribution in [0.25, 0.3) is 0 Å². The quantitative estimate of drug-likeness (QED) is 0.597. The zero-order valence-electron chi connectivity index (χ0n) is 4.57. The third-order valence-electron chi connectivity index (χ3n) is 0.828. The zero-order valence-corrected chi connectivity index (χ0v) is 5.39. The second-order valence-electron chi connectivity index (χ2n) is 1.44. The third kappa shape index (κ3) is 1.50. The van der Waals surface area contributed by atoms with Gasteiger partial charge in [-0.15, -0.1) is 10.6 Å². The van der Waals surface area contributed by atoms with Crippen LogP contribution in [0.3, 0.4) is 0 Å². The lowest BCUT2D eigenvalue weighted by Crippen LogP contribution is -1.79. The summed E-state index contributed by atoms with van der Waals surface area (Å²) >= 11 is 0. The molecule has 0 radical (unpaired) electrons. The first-order chi connectivity index (χ1) is 4.30. The van der Waals surface area contributed by atoms with Gasteiger partial charge in [-0.3, -0.25) is 4.98 Å². The van der Waals surface area contributed by atoms with Gasteiger partial charge in [0.1, 0.15) is 0 Å². The van der Waals surface area contributed by atoms with Gasteiger partial charge in [-0.05, 0) is 11.1 Å². The van der Waals surface area contributed by atoms with Crippen LogP contribution in [0, 0.1) is 4.78 Å². The van der Waals surface area contributed by atoms with E-state index in [4.69, 9.17) is 4.78 Å². The monoisotopic (exact) mass is 141 g/mol. The maximum Gasteiger partial charge on any atom is 0.0249 e. The van der Waals surface area contributed by atoms with Crippen molar-refractivity contribution in [3.63, 3.8) is 0 Å². The van der Waals surface area contributed by atoms with E-state index in [-0.39, 0.29) is 0 Å². The molecule has 0 unspecified atom stereocenters. The maximum atomic E-state index is 10.4. The molecule has 1 aromatic rings. The lowest BCUT2D eigenvalue weighted by molar-refractivity contribution is 0.597. The summed E-state index contributed by atoms with van der Waals surface area (Å²) in [7, 11) is -1.69. The van der Waals surface area contributed by atoms with E-state index >= 15 is 0 Å². The number of nitrogens with zero attached hydrogens (tertiary/aromatic N) is 1. The first kappa shape index (κ1) is 6.22. The van der Waals surface area contributed by atoms with Gasteiger partial charge in [0.2, 0.25) is 0 Å². The van der Waals surface area contributed by atoms with Gasteiger partial charge in [0.05, 0.1) is 0 Å². The molecular formula is C5H5N2OS-. The van der Waals surface area contributed by atoms with Crippen molar-refractivity contribution < 1.29 is 4.21 Å². The second-order valence-corrected chi connectivity index (χ2v) is 2.39. The molecule has 1 rings (SSSR count). The van der Waals surface area contributed by atoms with Crippen molar-refractivity contribution in [1.29, 1.82) is 4.78 Å². The summed E-state index contributed by atoms with van der Waals surface area (Å²) in [6, 6.07) is 4.98. The van der Waals surface area contributed by atoms with Crippen molar-refractivity contribution in [2.24, 2.45) is 0 Å². The Morgan fingerprint density at radius 2 is 2.33 bits per heavy atom. The summed E-state index contributed by atoms with van der Waals surface area (Å²) in [5.74, 6) is 0. The summed E-state index contributed by atoms with van der Waals surface area (Å²) in [4.78, 5) is 3.69. The highest BCUT2D eigenvalue weighted by molar-refractivity contribution is 7.73. The topological polar surface area (TPSA) is 53.8 Å². The minimum absolute atomic E-state index is 0.303. The van der Waals surface area contributed by atoms with E-state index in [1.165, 1.54) is 6.20 Å². The fourth-order valence-corrected chi connectivity index (χ4v) is 0.816. The molecule has 0 aliphatic rings. The van der Waals surface area contributed by atoms with Gasteiger partial charge in [0.15, 0.2) is 0 Å². The molecule has 0 aliphatic heterocycles. The molecule has 0 amide bonds. The van der Waals surface area contributed by atoms with Crippen LogP contribution in [-0.4, -0.2) is 4.98 Å². The molecule has 1 aromatic heterocycles. The molecule has 48 valence electrons. The normalized spacial score (nSPS) is 9.89. The van der Waals surface area contributed by atoms with Crippen LogP contribution >= 0.6 is 0 Å². The Hall–Kier alpha value is -0.900. The summed E-state index contributed by atoms with van der Waals surface area (Å²) in [5.41, 5.74) is 0. The van der Waals surface area contributed by atoms with Gasteiger partial charge < -0.3 is 8.99 Å². The molecule has 9 heavy (non-hydrogen) atoms. The molecule has 0 saturated carbocycles. The van der Waals surface area contributed by atoms with Gasteiger partial charge >= 0.3 is 0 Å². The standard InChI is InChI=1S/C5H5N2OS/c6-9(8)5-3-1-2-4-7-5/h1-4,6H/q-1. The Balaban J connectivity index is 3.13. The molecule has 0 bridgehead atoms. The number of pyridine rings is 1. The summed E-state index contributed by atoms with van der Waals surface area (Å²) in [5, 5.41) is 0.303. The summed E-state index contributed by atoms with van der Waals surface area (Å²) < 4.78 is 17.1. The predicted octanol–water partition coefficient (Wildman–Crippen LogP) is 1.17. The molecule has 1 N–H and O–H groups in total. The number of hydrogen-bond acceptors (Lipinski definition) is 4. The first-order valence-electron chi connectivity index (χ1n) is 2.35. The Labute approximate surface area is 54.8 Å². The van der Waals surface area contributed by atoms with Crippen LogP contribution in [0.1, 0.15) is 0 Å². The van der Waals surface area contributed by atoms with E-state index in [1.807, 2.05) is 0 Å². The van der Waals surface area contributed by atoms with Gasteiger partial charge in [-0.2, -0.15) is 0 Å². The highest BCUT2D eigenvalue weighted by Crippen LogP contribution is 1.93. The van der Waals surface area contributed by atoms with E-state index in [0.717, 1.165) is 0 Å². The Morgan fingerprint density at radius 3 is 2.67 bits per heavy atom. The van der Waals surface area contributed by atoms with Crippen LogP contribution in [0.15, 0.2) is 29.4 Å². The smallest absolute Gasteiger partial charge is 0.0249 e. The Kier molecular flexibility index (Phi) is 1.79. The first-order valence-corrected chi connectivity index (χ1v) is 3.50. The highest BCUT2D eigenvalue weighted by atomic mass is 32.2. The van der Waals surface area contributed by atoms with Crippen molar-refractivity contribution in [2.75, 3.05) is 0 Å². The predicted molar refractivity (Wildman–Crippen MR) is 33.3 cm³/mol. The fourth-order valence-electron chi connectivity index (χ4n) is 0.457. The van der Waals surface area contributed by atoms with Crippen LogP contribution in [0.5, 0.6) is 0 Å². The van der Waals surface area contributed by atoms with Crippen LogP contribution in [0.4, 0.5) is 0 Å². The van der Waals surface area contributed by atoms with Crippen molar-refractivity contribution in [3.05, 3.63) is 24.4 Å². The molecule has 1 heterocycles. The number of aromatic nitrogens is 1. The minimum atomic E-state index is -1.69. The molecular weight excluding hydrogens is 136 g/mol. The molecule has 0 aliphatic carbocycles. The van der Waals surface area contributed by atoms with Gasteiger partial charge in [-0.25, -0.2) is 0 Å². The lowest BCUT2D eigenvalue weighted by atomic mass is 10.5. The van der Waals surface area contributed by atoms with Crippen molar-refractivity contribution in [1.82, 2.24) is 4.98 Å². The fraction of sp³-hybridized carbons (Fsp3) is 0. The van der Waals surface area contributed by atoms with E-state index in [1.54, 1.807) is 18.2 Å². The van der Waals surface area contributed by atoms with Crippen molar-refractivity contribution in [2.45, 2.75) is 5.03 Å². The van der Waals surface area contributed by atoms with E-state index in [0.29, 0.717) is 5.03 Å². The highest BCUT2D eigenvalue weighted by Gasteiger charge is 1.75. The molecule has 4 heteroatoms. The van der Waals surface area contributed by atoms with Crippen LogP contribution < -0.4 is 0 Å². The molecule has 0 atom stereocenters. The third-order valence-corrected chi connectivity index (χ3v) is 1.45. The molecule has 0 aromatic carbocycles. The number of rotatable bonds is 1. The molecule has 0 fully saturated rings. The van der Waals surface area contributed by atoms with Gasteiger partial charge in [0, 0.05) is 6.20 Å². The van der Waals surface area contributed by atoms with E-state index < -0.39 is 10.6 Å². The molecule has 0 spiro atoms. The Bertz CT molecular complexity index is 247. The number of hydrogen-bond donors (Lipinski definition) is 1.